The van der Waals surface area contributed by atoms with Gasteiger partial charge in [0.2, 0.25) is 11.9 Å². The summed E-state index contributed by atoms with van der Waals surface area (Å²) in [5.74, 6) is 0.191. The van der Waals surface area contributed by atoms with E-state index >= 15 is 0 Å². The number of nitrogens with zero attached hydrogens (tertiary/aromatic N) is 6. The summed E-state index contributed by atoms with van der Waals surface area (Å²) in [7, 11) is 3.88. The fourth-order valence-electron chi connectivity index (χ4n) is 4.31. The van der Waals surface area contributed by atoms with Crippen molar-refractivity contribution in [1.82, 2.24) is 28.2 Å². The van der Waals surface area contributed by atoms with Crippen LogP contribution in [0.1, 0.15) is 0 Å². The van der Waals surface area contributed by atoms with Crippen molar-refractivity contribution in [2.24, 2.45) is 0 Å². The molecule has 10 nitrogen and oxygen atoms in total. The number of aromatic nitrogens is 4. The second-order valence-electron chi connectivity index (χ2n) is 9.48. The van der Waals surface area contributed by atoms with Crippen LogP contribution in [0.5, 0.6) is 0 Å². The average molecular weight is 658 g/mol. The molecule has 5 rings (SSSR count). The average Bonchev–Trinajstić information content (AvgIpc) is 3.37. The highest BCUT2D eigenvalue weighted by Crippen LogP contribution is 2.32. The molecule has 39 heavy (non-hydrogen) atoms. The molecule has 0 radical (unpaired) electrons. The van der Waals surface area contributed by atoms with Crippen molar-refractivity contribution in [2.75, 3.05) is 62.4 Å². The number of likely N-dealkylation sites (N-methyl/N-ethyl adjacent to an activating group) is 1. The number of aromatic amines is 1. The van der Waals surface area contributed by atoms with Crippen molar-refractivity contribution in [3.8, 4) is 11.3 Å². The van der Waals surface area contributed by atoms with E-state index in [0.717, 1.165) is 48.5 Å². The molecule has 2 aromatic carbocycles. The number of carbonyl (C=O) groups excluding carboxylic acids is 1. The van der Waals surface area contributed by atoms with Gasteiger partial charge in [-0.05, 0) is 50.5 Å². The fraction of sp³-hybridized carbons (Fsp3) is 0.259. The Morgan fingerprint density at radius 2 is 1.95 bits per heavy atom. The zero-order valence-electron chi connectivity index (χ0n) is 21.7. The Labute approximate surface area is 245 Å². The normalized spacial score (nSPS) is 14.4. The van der Waals surface area contributed by atoms with Crippen LogP contribution in [0.2, 0.25) is 5.02 Å². The molecule has 3 heterocycles. The van der Waals surface area contributed by atoms with Gasteiger partial charge in [0.25, 0.3) is 0 Å². The SMILES string of the molecule is CN(C)C/C=C/C(=O)Nc1cc(Cl)cc(-c2nc(Nc3cccc(N4CCN(I)CC4)c3)nc3[nH]ncc23)c1. The number of halogens is 2. The zero-order valence-corrected chi connectivity index (χ0v) is 24.6. The van der Waals surface area contributed by atoms with Crippen molar-refractivity contribution >= 4 is 74.4 Å². The highest BCUT2D eigenvalue weighted by molar-refractivity contribution is 14.1. The molecule has 1 saturated heterocycles. The quantitative estimate of drug-likeness (QED) is 0.139. The van der Waals surface area contributed by atoms with Crippen molar-refractivity contribution in [2.45, 2.75) is 0 Å². The van der Waals surface area contributed by atoms with E-state index in [1.165, 1.54) is 6.08 Å². The molecular weight excluding hydrogens is 629 g/mol. The number of hydrogen-bond acceptors (Lipinski definition) is 8. The van der Waals surface area contributed by atoms with Gasteiger partial charge in [-0.1, -0.05) is 23.7 Å². The van der Waals surface area contributed by atoms with Gasteiger partial charge < -0.3 is 20.4 Å². The Balaban J connectivity index is 1.41. The number of hydrogen-bond donors (Lipinski definition) is 3. The molecule has 1 aliphatic heterocycles. The van der Waals surface area contributed by atoms with Gasteiger partial charge in [-0.2, -0.15) is 10.1 Å². The summed E-state index contributed by atoms with van der Waals surface area (Å²) in [6, 6.07) is 13.6. The molecule has 1 fully saturated rings. The fourth-order valence-corrected chi connectivity index (χ4v) is 4.98. The maximum Gasteiger partial charge on any atom is 0.248 e. The molecule has 2 aromatic heterocycles. The van der Waals surface area contributed by atoms with Crippen LogP contribution in [0.3, 0.4) is 0 Å². The lowest BCUT2D eigenvalue weighted by atomic mass is 10.1. The number of rotatable bonds is 8. The molecule has 0 bridgehead atoms. The maximum absolute atomic E-state index is 12.4. The predicted molar refractivity (Wildman–Crippen MR) is 166 cm³/mol. The second kappa shape index (κ2) is 12.3. The van der Waals surface area contributed by atoms with Crippen LogP contribution in [0.15, 0.2) is 60.8 Å². The van der Waals surface area contributed by atoms with E-state index in [1.807, 2.05) is 43.3 Å². The standard InChI is InChI=1S/C27H29ClIN9O/c1-36(2)8-4-7-24(39)31-21-14-18(13-19(28)15-21)25-23-17-30-35-26(23)34-27(33-25)32-20-5-3-6-22(16-20)37-9-11-38(29)12-10-37/h3-7,13-17H,8-12H2,1-2H3,(H,31,39)(H2,30,32,33,34,35)/b7-4+. The van der Waals surface area contributed by atoms with Crippen LogP contribution in [0.4, 0.5) is 23.0 Å². The molecule has 0 unspecified atom stereocenters. The van der Waals surface area contributed by atoms with E-state index in [-0.39, 0.29) is 5.91 Å². The van der Waals surface area contributed by atoms with E-state index in [2.05, 4.69) is 68.8 Å². The van der Waals surface area contributed by atoms with Gasteiger partial charge in [0, 0.05) is 89.3 Å². The monoisotopic (exact) mass is 657 g/mol. The number of piperazine rings is 1. The van der Waals surface area contributed by atoms with Crippen LogP contribution in [0.25, 0.3) is 22.3 Å². The molecule has 0 aliphatic carbocycles. The minimum atomic E-state index is -0.233. The Hall–Kier alpha value is -3.26. The van der Waals surface area contributed by atoms with E-state index in [4.69, 9.17) is 16.6 Å². The molecule has 4 aromatic rings. The Morgan fingerprint density at radius 3 is 2.74 bits per heavy atom. The lowest BCUT2D eigenvalue weighted by Gasteiger charge is -2.33. The van der Waals surface area contributed by atoms with Crippen LogP contribution < -0.4 is 15.5 Å². The van der Waals surface area contributed by atoms with Crippen LogP contribution in [-0.4, -0.2) is 80.9 Å². The van der Waals surface area contributed by atoms with Crippen molar-refractivity contribution < 1.29 is 4.79 Å². The molecule has 3 N–H and O–H groups in total. The summed E-state index contributed by atoms with van der Waals surface area (Å²) in [6.45, 7) is 4.67. The Morgan fingerprint density at radius 1 is 1.13 bits per heavy atom. The van der Waals surface area contributed by atoms with Crippen LogP contribution in [-0.2, 0) is 4.79 Å². The van der Waals surface area contributed by atoms with Gasteiger partial charge in [-0.3, -0.25) is 9.89 Å². The van der Waals surface area contributed by atoms with Gasteiger partial charge in [-0.25, -0.2) is 8.10 Å². The molecule has 12 heteroatoms. The number of benzene rings is 2. The third kappa shape index (κ3) is 7.04. The summed E-state index contributed by atoms with van der Waals surface area (Å²) in [6.07, 6.45) is 5.00. The van der Waals surface area contributed by atoms with Crippen LogP contribution in [0, 0.1) is 0 Å². The summed E-state index contributed by atoms with van der Waals surface area (Å²) in [5, 5.41) is 14.6. The largest absolute Gasteiger partial charge is 0.369 e. The number of amides is 1. The van der Waals surface area contributed by atoms with Crippen LogP contribution >= 0.6 is 34.5 Å². The van der Waals surface area contributed by atoms with Crippen molar-refractivity contribution in [3.05, 3.63) is 65.8 Å². The highest BCUT2D eigenvalue weighted by atomic mass is 127. The maximum atomic E-state index is 12.4. The first-order chi connectivity index (χ1) is 18.8. The second-order valence-corrected chi connectivity index (χ2v) is 11.3. The molecule has 0 spiro atoms. The minimum absolute atomic E-state index is 0.233. The summed E-state index contributed by atoms with van der Waals surface area (Å²) in [5.41, 5.74) is 4.58. The molecule has 202 valence electrons. The number of H-pyrrole nitrogens is 1. The summed E-state index contributed by atoms with van der Waals surface area (Å²) >= 11 is 8.83. The third-order valence-corrected chi connectivity index (χ3v) is 7.36. The van der Waals surface area contributed by atoms with Gasteiger partial charge in [-0.15, -0.1) is 0 Å². The zero-order chi connectivity index (χ0) is 27.4. The van der Waals surface area contributed by atoms with E-state index < -0.39 is 0 Å². The Kier molecular flexibility index (Phi) is 8.60. The van der Waals surface area contributed by atoms with E-state index in [9.17, 15) is 4.79 Å². The first-order valence-corrected chi connectivity index (χ1v) is 13.9. The molecule has 1 aliphatic rings. The number of carbonyl (C=O) groups is 1. The smallest absolute Gasteiger partial charge is 0.248 e. The van der Waals surface area contributed by atoms with Gasteiger partial charge in [0.15, 0.2) is 5.65 Å². The van der Waals surface area contributed by atoms with Gasteiger partial charge in [0.05, 0.1) is 17.3 Å². The minimum Gasteiger partial charge on any atom is -0.369 e. The van der Waals surface area contributed by atoms with E-state index in [0.29, 0.717) is 34.5 Å². The summed E-state index contributed by atoms with van der Waals surface area (Å²) < 4.78 is 2.31. The van der Waals surface area contributed by atoms with Crippen molar-refractivity contribution in [1.29, 1.82) is 0 Å². The van der Waals surface area contributed by atoms with Gasteiger partial charge >= 0.3 is 0 Å². The summed E-state index contributed by atoms with van der Waals surface area (Å²) in [4.78, 5) is 26.2. The molecule has 0 atom stereocenters. The number of anilines is 4. The predicted octanol–water partition coefficient (Wildman–Crippen LogP) is 4.95. The molecule has 0 saturated carbocycles. The lowest BCUT2D eigenvalue weighted by Crippen LogP contribution is -2.42. The van der Waals surface area contributed by atoms with Gasteiger partial charge in [0.1, 0.15) is 0 Å². The molecular formula is C27H29ClIN9O. The lowest BCUT2D eigenvalue weighted by molar-refractivity contribution is -0.111. The van der Waals surface area contributed by atoms with Crippen molar-refractivity contribution in [3.63, 3.8) is 0 Å². The number of nitrogens with one attached hydrogen (secondary N) is 3. The third-order valence-electron chi connectivity index (χ3n) is 6.18. The highest BCUT2D eigenvalue weighted by Gasteiger charge is 2.17. The first-order valence-electron chi connectivity index (χ1n) is 12.5. The number of fused-ring (bicyclic) bond motifs is 1. The molecule has 1 amide bonds. The topological polar surface area (TPSA) is 105 Å². The van der Waals surface area contributed by atoms with E-state index in [1.54, 1.807) is 18.3 Å². The Bertz CT molecular complexity index is 1500. The first kappa shape index (κ1) is 27.3.